The van der Waals surface area contributed by atoms with Gasteiger partial charge in [-0.2, -0.15) is 0 Å². The van der Waals surface area contributed by atoms with Crippen LogP contribution in [-0.4, -0.2) is 58.6 Å². The first-order valence-electron chi connectivity index (χ1n) is 7.46. The summed E-state index contributed by atoms with van der Waals surface area (Å²) in [6.45, 7) is 3.94. The van der Waals surface area contributed by atoms with Crippen LogP contribution in [0.25, 0.3) is 0 Å². The minimum Gasteiger partial charge on any atom is -0.459 e. The Morgan fingerprint density at radius 1 is 1.25 bits per heavy atom. The molecule has 0 bridgehead atoms. The highest BCUT2D eigenvalue weighted by Crippen LogP contribution is 2.16. The average molecular weight is 342 g/mol. The molecule has 1 heterocycles. The van der Waals surface area contributed by atoms with E-state index in [9.17, 15) is 24.6 Å². The van der Waals surface area contributed by atoms with E-state index in [1.54, 1.807) is 6.08 Å². The van der Waals surface area contributed by atoms with Crippen molar-refractivity contribution in [3.8, 4) is 0 Å². The fraction of sp³-hybridized carbons (Fsp3) is 0.562. The number of hydrogen-bond acceptors (Lipinski definition) is 8. The maximum atomic E-state index is 11.2. The van der Waals surface area contributed by atoms with Gasteiger partial charge in [-0.1, -0.05) is 12.2 Å². The number of ether oxygens (including phenoxy) is 3. The molecule has 5 unspecified atom stereocenters. The molecule has 2 N–H and O–H groups in total. The third-order valence-electron chi connectivity index (χ3n) is 3.24. The number of carbonyl (C=O) groups excluding carboxylic acids is 3. The van der Waals surface area contributed by atoms with Crippen molar-refractivity contribution in [1.29, 1.82) is 0 Å². The Kier molecular flexibility index (Phi) is 7.60. The largest absolute Gasteiger partial charge is 0.459 e. The topological polar surface area (TPSA) is 119 Å². The summed E-state index contributed by atoms with van der Waals surface area (Å²) in [5, 5.41) is 20.0. The van der Waals surface area contributed by atoms with Gasteiger partial charge in [0.15, 0.2) is 6.10 Å². The van der Waals surface area contributed by atoms with Gasteiger partial charge in [-0.3, -0.25) is 9.59 Å². The Balaban J connectivity index is 2.72. The maximum Gasteiger partial charge on any atom is 0.330 e. The molecule has 8 nitrogen and oxygen atoms in total. The molecule has 0 aromatic carbocycles. The van der Waals surface area contributed by atoms with E-state index >= 15 is 0 Å². The van der Waals surface area contributed by atoms with E-state index in [0.717, 1.165) is 0 Å². The predicted octanol–water partition coefficient (Wildman–Crippen LogP) is 0.0194. The molecule has 0 aliphatic carbocycles. The fourth-order valence-electron chi connectivity index (χ4n) is 2.11. The van der Waals surface area contributed by atoms with Crippen LogP contribution in [0.1, 0.15) is 27.2 Å². The van der Waals surface area contributed by atoms with Crippen LogP contribution < -0.4 is 0 Å². The van der Waals surface area contributed by atoms with E-state index in [4.69, 9.17) is 14.2 Å². The number of carbonyl (C=O) groups is 3. The minimum atomic E-state index is -1.36. The van der Waals surface area contributed by atoms with E-state index in [1.165, 1.54) is 39.0 Å². The molecule has 0 aromatic heterocycles. The van der Waals surface area contributed by atoms with Gasteiger partial charge in [0, 0.05) is 26.3 Å². The third-order valence-corrected chi connectivity index (χ3v) is 3.24. The normalized spacial score (nSPS) is 22.4. The van der Waals surface area contributed by atoms with Crippen LogP contribution in [0.2, 0.25) is 0 Å². The second-order valence-electron chi connectivity index (χ2n) is 5.37. The van der Waals surface area contributed by atoms with Crippen molar-refractivity contribution in [3.63, 3.8) is 0 Å². The molecule has 0 aromatic rings. The molecule has 1 aliphatic heterocycles. The van der Waals surface area contributed by atoms with Crippen molar-refractivity contribution >= 4 is 17.9 Å². The third kappa shape index (κ3) is 6.51. The van der Waals surface area contributed by atoms with Gasteiger partial charge in [0.05, 0.1) is 0 Å². The highest BCUT2D eigenvalue weighted by atomic mass is 16.6. The molecule has 5 atom stereocenters. The van der Waals surface area contributed by atoms with Gasteiger partial charge in [-0.15, -0.1) is 0 Å². The summed E-state index contributed by atoms with van der Waals surface area (Å²) in [7, 11) is 0. The number of aliphatic hydroxyl groups is 2. The molecule has 0 amide bonds. The van der Waals surface area contributed by atoms with Crippen LogP contribution >= 0.6 is 0 Å². The van der Waals surface area contributed by atoms with Gasteiger partial charge < -0.3 is 24.4 Å². The summed E-state index contributed by atoms with van der Waals surface area (Å²) in [6, 6.07) is 0. The molecule has 0 radical (unpaired) electrons. The average Bonchev–Trinajstić information content (AvgIpc) is 2.49. The molecule has 0 spiro atoms. The zero-order valence-electron chi connectivity index (χ0n) is 13.7. The molecule has 1 rings (SSSR count). The zero-order chi connectivity index (χ0) is 18.3. The lowest BCUT2D eigenvalue weighted by molar-refractivity contribution is -0.160. The first kappa shape index (κ1) is 19.9. The number of hydrogen-bond donors (Lipinski definition) is 2. The Hall–Kier alpha value is -2.19. The van der Waals surface area contributed by atoms with Gasteiger partial charge in [0.25, 0.3) is 0 Å². The molecule has 0 saturated heterocycles. The highest BCUT2D eigenvalue weighted by Gasteiger charge is 2.29. The Morgan fingerprint density at radius 2 is 1.88 bits per heavy atom. The van der Waals surface area contributed by atoms with E-state index in [0.29, 0.717) is 0 Å². The summed E-state index contributed by atoms with van der Waals surface area (Å²) in [5.41, 5.74) is 0. The molecule has 0 saturated carbocycles. The van der Waals surface area contributed by atoms with Gasteiger partial charge in [0.1, 0.15) is 24.4 Å². The van der Waals surface area contributed by atoms with E-state index in [2.05, 4.69) is 0 Å². The van der Waals surface area contributed by atoms with Crippen molar-refractivity contribution in [2.45, 2.75) is 57.7 Å². The van der Waals surface area contributed by atoms with Crippen LogP contribution in [0.4, 0.5) is 0 Å². The Bertz CT molecular complexity index is 524. The van der Waals surface area contributed by atoms with Gasteiger partial charge in [-0.25, -0.2) is 4.79 Å². The predicted molar refractivity (Wildman–Crippen MR) is 81.6 cm³/mol. The van der Waals surface area contributed by atoms with Crippen LogP contribution in [-0.2, 0) is 28.6 Å². The Morgan fingerprint density at radius 3 is 2.42 bits per heavy atom. The SMILES string of the molecule is CC(=O)OC(C)C(C=CC(O)C(O)C1CC=CC(=O)O1)OC(C)=O. The van der Waals surface area contributed by atoms with Crippen molar-refractivity contribution in [2.24, 2.45) is 0 Å². The molecular weight excluding hydrogens is 320 g/mol. The quantitative estimate of drug-likeness (QED) is 0.377. The number of aliphatic hydroxyl groups excluding tert-OH is 2. The van der Waals surface area contributed by atoms with Crippen LogP contribution in [0.15, 0.2) is 24.3 Å². The highest BCUT2D eigenvalue weighted by molar-refractivity contribution is 5.82. The van der Waals surface area contributed by atoms with E-state index in [-0.39, 0.29) is 6.42 Å². The van der Waals surface area contributed by atoms with E-state index < -0.39 is 48.4 Å². The van der Waals surface area contributed by atoms with Gasteiger partial charge in [0.2, 0.25) is 0 Å². The van der Waals surface area contributed by atoms with Gasteiger partial charge in [-0.05, 0) is 13.0 Å². The summed E-state index contributed by atoms with van der Waals surface area (Å²) in [6.07, 6.45) is 0.269. The fourth-order valence-corrected chi connectivity index (χ4v) is 2.11. The lowest BCUT2D eigenvalue weighted by Gasteiger charge is -2.26. The minimum absolute atomic E-state index is 0.273. The summed E-state index contributed by atoms with van der Waals surface area (Å²) >= 11 is 0. The first-order valence-corrected chi connectivity index (χ1v) is 7.46. The number of cyclic esters (lactones) is 1. The number of esters is 3. The van der Waals surface area contributed by atoms with Crippen molar-refractivity contribution in [3.05, 3.63) is 24.3 Å². The smallest absolute Gasteiger partial charge is 0.330 e. The first-order chi connectivity index (χ1) is 11.2. The summed E-state index contributed by atoms with van der Waals surface area (Å²) < 4.78 is 14.9. The van der Waals surface area contributed by atoms with Crippen molar-refractivity contribution < 1.29 is 38.8 Å². The molecule has 0 fully saturated rings. The molecule has 8 heteroatoms. The lowest BCUT2D eigenvalue weighted by Crippen LogP contribution is -2.40. The van der Waals surface area contributed by atoms with Crippen molar-refractivity contribution in [1.82, 2.24) is 0 Å². The van der Waals surface area contributed by atoms with Gasteiger partial charge >= 0.3 is 17.9 Å². The van der Waals surface area contributed by atoms with Crippen LogP contribution in [0.3, 0.4) is 0 Å². The second-order valence-corrected chi connectivity index (χ2v) is 5.37. The molecular formula is C16H22O8. The monoisotopic (exact) mass is 342 g/mol. The van der Waals surface area contributed by atoms with Crippen molar-refractivity contribution in [2.75, 3.05) is 0 Å². The second kappa shape index (κ2) is 9.19. The zero-order valence-corrected chi connectivity index (χ0v) is 13.7. The summed E-state index contributed by atoms with van der Waals surface area (Å²) in [4.78, 5) is 33.3. The Labute approximate surface area is 139 Å². The lowest BCUT2D eigenvalue weighted by atomic mass is 10.0. The summed E-state index contributed by atoms with van der Waals surface area (Å²) in [5.74, 6) is -1.73. The number of rotatable bonds is 7. The molecule has 134 valence electrons. The standard InChI is InChI=1S/C16H22O8/c1-9(22-10(2)17)13(23-11(3)18)8-7-12(19)16(21)14-5-4-6-15(20)24-14/h4,6-9,12-14,16,19,21H,5H2,1-3H3. The van der Waals surface area contributed by atoms with Crippen LogP contribution in [0.5, 0.6) is 0 Å². The molecule has 24 heavy (non-hydrogen) atoms. The molecule has 1 aliphatic rings. The van der Waals surface area contributed by atoms with Crippen LogP contribution in [0, 0.1) is 0 Å². The maximum absolute atomic E-state index is 11.2. The van der Waals surface area contributed by atoms with E-state index in [1.807, 2.05) is 0 Å².